The van der Waals surface area contributed by atoms with Gasteiger partial charge in [-0.2, -0.15) is 0 Å². The predicted octanol–water partition coefficient (Wildman–Crippen LogP) is 2.29. The summed E-state index contributed by atoms with van der Waals surface area (Å²) in [6.45, 7) is 2.37. The van der Waals surface area contributed by atoms with Gasteiger partial charge in [0.15, 0.2) is 0 Å². The molecule has 1 saturated heterocycles. The maximum absolute atomic E-state index is 14.9. The Kier molecular flexibility index (Phi) is 4.73. The summed E-state index contributed by atoms with van der Waals surface area (Å²) >= 11 is 0. The highest BCUT2D eigenvalue weighted by atomic mass is 19.1. The molecule has 31 heavy (non-hydrogen) atoms. The lowest BCUT2D eigenvalue weighted by molar-refractivity contribution is -0.143. The molecule has 162 valence electrons. The zero-order valence-electron chi connectivity index (χ0n) is 17.6. The van der Waals surface area contributed by atoms with Crippen molar-refractivity contribution in [1.29, 1.82) is 0 Å². The van der Waals surface area contributed by atoms with Gasteiger partial charge in [-0.25, -0.2) is 4.39 Å². The molecule has 1 N–H and O–H groups in total. The first kappa shape index (κ1) is 20.0. The van der Waals surface area contributed by atoms with Crippen molar-refractivity contribution in [2.45, 2.75) is 24.9 Å². The van der Waals surface area contributed by atoms with Gasteiger partial charge in [0.05, 0.1) is 5.56 Å². The molecular weight excluding hydrogens is 397 g/mol. The number of carbonyl (C=O) groups excluding carboxylic acids is 2. The van der Waals surface area contributed by atoms with Crippen LogP contribution < -0.4 is 4.90 Å². The van der Waals surface area contributed by atoms with E-state index in [1.807, 2.05) is 6.07 Å². The summed E-state index contributed by atoms with van der Waals surface area (Å²) < 4.78 is 14.9. The van der Waals surface area contributed by atoms with Crippen molar-refractivity contribution in [2.24, 2.45) is 0 Å². The number of fused-ring (bicyclic) bond motifs is 1. The van der Waals surface area contributed by atoms with Gasteiger partial charge in [0.1, 0.15) is 11.4 Å². The summed E-state index contributed by atoms with van der Waals surface area (Å²) in [5.41, 5.74) is 3.01. The summed E-state index contributed by atoms with van der Waals surface area (Å²) in [6, 6.07) is 10.9. The van der Waals surface area contributed by atoms with Crippen molar-refractivity contribution in [3.05, 3.63) is 53.3 Å². The molecule has 2 fully saturated rings. The Hall–Kier alpha value is -2.93. The first-order valence-corrected chi connectivity index (χ1v) is 10.8. The van der Waals surface area contributed by atoms with Crippen LogP contribution in [0.4, 0.5) is 10.1 Å². The Morgan fingerprint density at radius 1 is 0.935 bits per heavy atom. The highest BCUT2D eigenvalue weighted by Gasteiger charge is 2.50. The molecule has 7 heteroatoms. The van der Waals surface area contributed by atoms with Crippen molar-refractivity contribution in [3.8, 4) is 11.1 Å². The van der Waals surface area contributed by atoms with Gasteiger partial charge in [-0.15, -0.1) is 0 Å². The lowest BCUT2D eigenvalue weighted by Gasteiger charge is -2.35. The van der Waals surface area contributed by atoms with Gasteiger partial charge in [-0.05, 0) is 60.2 Å². The average Bonchev–Trinajstić information content (AvgIpc) is 3.44. The van der Waals surface area contributed by atoms with Crippen LogP contribution in [0, 0.1) is 5.82 Å². The number of carbonyl (C=O) groups is 2. The number of likely N-dealkylation sites (N-methyl/N-ethyl adjacent to an activating group) is 1. The smallest absolute Gasteiger partial charge is 0.256 e. The molecule has 2 aromatic carbocycles. The van der Waals surface area contributed by atoms with Gasteiger partial charge in [-0.3, -0.25) is 9.59 Å². The molecule has 6 nitrogen and oxygen atoms in total. The summed E-state index contributed by atoms with van der Waals surface area (Å²) in [6.07, 6.45) is 1.98. The van der Waals surface area contributed by atoms with Crippen molar-refractivity contribution in [2.75, 3.05) is 44.7 Å². The lowest BCUT2D eigenvalue weighted by atomic mass is 10.00. The first-order chi connectivity index (χ1) is 14.9. The van der Waals surface area contributed by atoms with Crippen LogP contribution in [0.5, 0.6) is 0 Å². The molecule has 0 unspecified atom stereocenters. The molecule has 2 aromatic rings. The Bertz CT molecular complexity index is 1060. The third-order valence-electron chi connectivity index (χ3n) is 6.72. The Labute approximate surface area is 180 Å². The maximum atomic E-state index is 14.9. The number of nitrogens with zero attached hydrogens (tertiary/aromatic N) is 3. The van der Waals surface area contributed by atoms with Gasteiger partial charge < -0.3 is 19.8 Å². The lowest BCUT2D eigenvalue weighted by Crippen LogP contribution is -2.53. The number of amides is 2. The quantitative estimate of drug-likeness (QED) is 0.823. The zero-order chi connectivity index (χ0) is 21.8. The fourth-order valence-corrected chi connectivity index (χ4v) is 4.52. The minimum absolute atomic E-state index is 0.0465. The van der Waals surface area contributed by atoms with Crippen LogP contribution in [0.25, 0.3) is 11.1 Å². The van der Waals surface area contributed by atoms with Crippen LogP contribution in [0.15, 0.2) is 36.4 Å². The molecule has 2 aliphatic heterocycles. The van der Waals surface area contributed by atoms with E-state index in [9.17, 15) is 19.1 Å². The van der Waals surface area contributed by atoms with Gasteiger partial charge in [0.25, 0.3) is 11.8 Å². The number of rotatable bonds is 3. The number of benzene rings is 2. The van der Waals surface area contributed by atoms with Crippen molar-refractivity contribution in [1.82, 2.24) is 9.80 Å². The fourth-order valence-electron chi connectivity index (χ4n) is 4.52. The third-order valence-corrected chi connectivity index (χ3v) is 6.72. The van der Waals surface area contributed by atoms with E-state index in [4.69, 9.17) is 0 Å². The second-order valence-electron chi connectivity index (χ2n) is 8.83. The van der Waals surface area contributed by atoms with E-state index in [1.54, 1.807) is 21.9 Å². The normalized spacial score (nSPS) is 19.4. The summed E-state index contributed by atoms with van der Waals surface area (Å²) in [4.78, 5) is 30.5. The number of hydrogen-bond donors (Lipinski definition) is 1. The third kappa shape index (κ3) is 3.57. The molecule has 0 atom stereocenters. The van der Waals surface area contributed by atoms with Crippen LogP contribution in [-0.2, 0) is 11.2 Å². The number of halogens is 1. The monoisotopic (exact) mass is 423 g/mol. The topological polar surface area (TPSA) is 64.1 Å². The zero-order valence-corrected chi connectivity index (χ0v) is 17.6. The van der Waals surface area contributed by atoms with Crippen molar-refractivity contribution in [3.63, 3.8) is 0 Å². The number of hydrogen-bond acceptors (Lipinski definition) is 4. The maximum Gasteiger partial charge on any atom is 0.256 e. The molecule has 0 spiro atoms. The fraction of sp³-hybridized carbons (Fsp3) is 0.417. The molecule has 0 bridgehead atoms. The molecule has 0 radical (unpaired) electrons. The summed E-state index contributed by atoms with van der Waals surface area (Å²) in [5.74, 6) is -1.15. The van der Waals surface area contributed by atoms with E-state index in [1.165, 1.54) is 17.3 Å². The summed E-state index contributed by atoms with van der Waals surface area (Å²) in [7, 11) is 2.06. The highest BCUT2D eigenvalue weighted by molar-refractivity contribution is 5.95. The standard InChI is InChI=1S/C24H26FN3O3/c1-26-9-6-18-14-16(3-5-21(18)26)17-2-4-19(20(25)15-17)22(29)27-10-12-28(13-11-27)23(30)24(31)7-8-24/h2-5,14-15,31H,6-13H2,1H3. The van der Waals surface area contributed by atoms with Crippen LogP contribution >= 0.6 is 0 Å². The van der Waals surface area contributed by atoms with Gasteiger partial charge in [0, 0.05) is 45.5 Å². The van der Waals surface area contributed by atoms with Crippen LogP contribution in [-0.4, -0.2) is 72.1 Å². The second kappa shape index (κ2) is 7.34. The molecule has 0 aromatic heterocycles. The van der Waals surface area contributed by atoms with Gasteiger partial charge in [0.2, 0.25) is 0 Å². The number of aliphatic hydroxyl groups is 1. The van der Waals surface area contributed by atoms with E-state index in [-0.39, 0.29) is 17.4 Å². The van der Waals surface area contributed by atoms with Gasteiger partial charge >= 0.3 is 0 Å². The Balaban J connectivity index is 1.28. The Morgan fingerprint density at radius 2 is 1.58 bits per heavy atom. The van der Waals surface area contributed by atoms with Crippen molar-refractivity contribution >= 4 is 17.5 Å². The summed E-state index contributed by atoms with van der Waals surface area (Å²) in [5, 5.41) is 10.00. The average molecular weight is 423 g/mol. The van der Waals surface area contributed by atoms with Gasteiger partial charge in [-0.1, -0.05) is 12.1 Å². The highest BCUT2D eigenvalue weighted by Crippen LogP contribution is 2.37. The van der Waals surface area contributed by atoms with Crippen LogP contribution in [0.1, 0.15) is 28.8 Å². The molecule has 2 heterocycles. The van der Waals surface area contributed by atoms with E-state index < -0.39 is 11.4 Å². The number of anilines is 1. The van der Waals surface area contributed by atoms with E-state index >= 15 is 0 Å². The predicted molar refractivity (Wildman–Crippen MR) is 115 cm³/mol. The van der Waals surface area contributed by atoms with E-state index in [0.29, 0.717) is 39.0 Å². The number of piperazine rings is 1. The minimum atomic E-state index is -1.19. The molecule has 1 aliphatic carbocycles. The van der Waals surface area contributed by atoms with E-state index in [2.05, 4.69) is 24.1 Å². The van der Waals surface area contributed by atoms with Crippen LogP contribution in [0.2, 0.25) is 0 Å². The molecule has 1 saturated carbocycles. The SMILES string of the molecule is CN1CCc2cc(-c3ccc(C(=O)N4CCN(C(=O)C5(O)CC5)CC4)c(F)c3)ccc21. The largest absolute Gasteiger partial charge is 0.380 e. The molecule has 5 rings (SSSR count). The Morgan fingerprint density at radius 3 is 2.26 bits per heavy atom. The minimum Gasteiger partial charge on any atom is -0.380 e. The first-order valence-electron chi connectivity index (χ1n) is 10.8. The molecular formula is C24H26FN3O3. The molecule has 2 amide bonds. The molecule has 3 aliphatic rings. The van der Waals surface area contributed by atoms with E-state index in [0.717, 1.165) is 24.1 Å². The van der Waals surface area contributed by atoms with Crippen molar-refractivity contribution < 1.29 is 19.1 Å². The second-order valence-corrected chi connectivity index (χ2v) is 8.83. The van der Waals surface area contributed by atoms with Crippen LogP contribution in [0.3, 0.4) is 0 Å².